The fourth-order valence-electron chi connectivity index (χ4n) is 2.11. The molecule has 0 aliphatic heterocycles. The molecule has 0 unspecified atom stereocenters. The summed E-state index contributed by atoms with van der Waals surface area (Å²) in [6.07, 6.45) is 0. The summed E-state index contributed by atoms with van der Waals surface area (Å²) in [6, 6.07) is 8.74. The third kappa shape index (κ3) is 5.10. The standard InChI is InChI=1S/C18H17ClFNO5/c1-24-15-6-3-11(7-16(15)25-2)9-21-17(22)10-26-18(23)13-5-4-12(19)8-14(13)20/h3-8H,9-10H2,1-2H3,(H,21,22). The maximum atomic E-state index is 13.6. The Bertz CT molecular complexity index is 812. The zero-order valence-electron chi connectivity index (χ0n) is 14.2. The number of rotatable bonds is 7. The molecule has 0 heterocycles. The van der Waals surface area contributed by atoms with Gasteiger partial charge in [0.25, 0.3) is 5.91 Å². The van der Waals surface area contributed by atoms with E-state index >= 15 is 0 Å². The number of halogens is 2. The van der Waals surface area contributed by atoms with Crippen LogP contribution in [0.4, 0.5) is 4.39 Å². The van der Waals surface area contributed by atoms with Crippen molar-refractivity contribution in [1.29, 1.82) is 0 Å². The van der Waals surface area contributed by atoms with E-state index in [9.17, 15) is 14.0 Å². The van der Waals surface area contributed by atoms with Crippen molar-refractivity contribution in [2.24, 2.45) is 0 Å². The van der Waals surface area contributed by atoms with Crippen LogP contribution in [-0.2, 0) is 16.1 Å². The molecule has 0 radical (unpaired) electrons. The van der Waals surface area contributed by atoms with Crippen molar-refractivity contribution in [3.63, 3.8) is 0 Å². The van der Waals surface area contributed by atoms with E-state index in [1.807, 2.05) is 0 Å². The SMILES string of the molecule is COc1ccc(CNC(=O)COC(=O)c2ccc(Cl)cc2F)cc1OC. The van der Waals surface area contributed by atoms with Gasteiger partial charge in [0, 0.05) is 11.6 Å². The average molecular weight is 382 g/mol. The smallest absolute Gasteiger partial charge is 0.341 e. The van der Waals surface area contributed by atoms with Crippen LogP contribution in [0.25, 0.3) is 0 Å². The Morgan fingerprint density at radius 3 is 2.46 bits per heavy atom. The van der Waals surface area contributed by atoms with Gasteiger partial charge in [-0.05, 0) is 35.9 Å². The summed E-state index contributed by atoms with van der Waals surface area (Å²) < 4.78 is 28.7. The minimum atomic E-state index is -0.944. The van der Waals surface area contributed by atoms with Gasteiger partial charge >= 0.3 is 5.97 Å². The van der Waals surface area contributed by atoms with E-state index < -0.39 is 24.3 Å². The molecule has 0 aliphatic carbocycles. The summed E-state index contributed by atoms with van der Waals surface area (Å²) in [5.41, 5.74) is 0.480. The van der Waals surface area contributed by atoms with Crippen molar-refractivity contribution in [1.82, 2.24) is 5.32 Å². The van der Waals surface area contributed by atoms with E-state index in [4.69, 9.17) is 25.8 Å². The number of carbonyl (C=O) groups excluding carboxylic acids is 2. The number of nitrogens with one attached hydrogen (secondary N) is 1. The lowest BCUT2D eigenvalue weighted by Gasteiger charge is -2.10. The zero-order valence-corrected chi connectivity index (χ0v) is 14.9. The molecule has 2 aromatic carbocycles. The molecular weight excluding hydrogens is 365 g/mol. The molecule has 1 N–H and O–H groups in total. The molecule has 2 aromatic rings. The molecule has 0 bridgehead atoms. The number of hydrogen-bond donors (Lipinski definition) is 1. The molecule has 0 saturated carbocycles. The van der Waals surface area contributed by atoms with Gasteiger partial charge in [0.05, 0.1) is 19.8 Å². The van der Waals surface area contributed by atoms with E-state index in [0.29, 0.717) is 11.5 Å². The minimum Gasteiger partial charge on any atom is -0.493 e. The van der Waals surface area contributed by atoms with Gasteiger partial charge < -0.3 is 19.5 Å². The van der Waals surface area contributed by atoms with Crippen molar-refractivity contribution < 1.29 is 28.2 Å². The van der Waals surface area contributed by atoms with Crippen molar-refractivity contribution in [3.05, 3.63) is 58.4 Å². The minimum absolute atomic E-state index is 0.159. The Balaban J connectivity index is 1.86. The number of esters is 1. The number of amides is 1. The van der Waals surface area contributed by atoms with Crippen LogP contribution >= 0.6 is 11.6 Å². The lowest BCUT2D eigenvalue weighted by atomic mass is 10.2. The normalized spacial score (nSPS) is 10.2. The first kappa shape index (κ1) is 19.5. The van der Waals surface area contributed by atoms with Crippen LogP contribution in [0.1, 0.15) is 15.9 Å². The number of carbonyl (C=O) groups is 2. The summed E-state index contributed by atoms with van der Waals surface area (Å²) in [6.45, 7) is -0.333. The number of ether oxygens (including phenoxy) is 3. The highest BCUT2D eigenvalue weighted by molar-refractivity contribution is 6.30. The molecule has 0 spiro atoms. The zero-order chi connectivity index (χ0) is 19.1. The van der Waals surface area contributed by atoms with Gasteiger partial charge in [-0.2, -0.15) is 0 Å². The highest BCUT2D eigenvalue weighted by Crippen LogP contribution is 2.27. The molecule has 0 saturated heterocycles. The molecule has 1 amide bonds. The fraction of sp³-hybridized carbons (Fsp3) is 0.222. The highest BCUT2D eigenvalue weighted by atomic mass is 35.5. The number of methoxy groups -OCH3 is 2. The second kappa shape index (κ2) is 9.05. The highest BCUT2D eigenvalue weighted by Gasteiger charge is 2.15. The Morgan fingerprint density at radius 1 is 1.08 bits per heavy atom. The number of hydrogen-bond acceptors (Lipinski definition) is 5. The first-order valence-electron chi connectivity index (χ1n) is 7.54. The molecule has 0 fully saturated rings. The predicted molar refractivity (Wildman–Crippen MR) is 93.1 cm³/mol. The molecular formula is C18H17ClFNO5. The van der Waals surface area contributed by atoms with Gasteiger partial charge in [0.2, 0.25) is 0 Å². The van der Waals surface area contributed by atoms with E-state index in [1.54, 1.807) is 18.2 Å². The van der Waals surface area contributed by atoms with Crippen molar-refractivity contribution in [2.45, 2.75) is 6.54 Å². The molecule has 0 atom stereocenters. The van der Waals surface area contributed by atoms with Gasteiger partial charge in [-0.15, -0.1) is 0 Å². The van der Waals surface area contributed by atoms with Gasteiger partial charge in [-0.1, -0.05) is 17.7 Å². The quantitative estimate of drug-likeness (QED) is 0.746. The predicted octanol–water partition coefficient (Wildman–Crippen LogP) is 2.97. The second-order valence-corrected chi connectivity index (χ2v) is 5.60. The van der Waals surface area contributed by atoms with Crippen LogP contribution in [-0.4, -0.2) is 32.7 Å². The van der Waals surface area contributed by atoms with Gasteiger partial charge in [-0.25, -0.2) is 9.18 Å². The summed E-state index contributed by atoms with van der Waals surface area (Å²) in [4.78, 5) is 23.6. The summed E-state index contributed by atoms with van der Waals surface area (Å²) >= 11 is 5.62. The summed E-state index contributed by atoms with van der Waals surface area (Å²) in [5, 5.41) is 2.75. The van der Waals surface area contributed by atoms with Crippen LogP contribution in [0.2, 0.25) is 5.02 Å². The average Bonchev–Trinajstić information content (AvgIpc) is 2.64. The van der Waals surface area contributed by atoms with Crippen molar-refractivity contribution in [2.75, 3.05) is 20.8 Å². The first-order chi connectivity index (χ1) is 12.4. The Hall–Kier alpha value is -2.80. The first-order valence-corrected chi connectivity index (χ1v) is 7.92. The van der Waals surface area contributed by atoms with Crippen LogP contribution in [0.15, 0.2) is 36.4 Å². The maximum absolute atomic E-state index is 13.6. The van der Waals surface area contributed by atoms with Crippen LogP contribution in [0, 0.1) is 5.82 Å². The van der Waals surface area contributed by atoms with Gasteiger partial charge in [-0.3, -0.25) is 4.79 Å². The molecule has 138 valence electrons. The second-order valence-electron chi connectivity index (χ2n) is 5.17. The Morgan fingerprint density at radius 2 is 1.81 bits per heavy atom. The van der Waals surface area contributed by atoms with E-state index in [2.05, 4.69) is 5.32 Å². The van der Waals surface area contributed by atoms with Crippen molar-refractivity contribution in [3.8, 4) is 11.5 Å². The van der Waals surface area contributed by atoms with Crippen LogP contribution in [0.5, 0.6) is 11.5 Å². The molecule has 6 nitrogen and oxygen atoms in total. The van der Waals surface area contributed by atoms with Crippen LogP contribution < -0.4 is 14.8 Å². The monoisotopic (exact) mass is 381 g/mol. The topological polar surface area (TPSA) is 73.9 Å². The van der Waals surface area contributed by atoms with Gasteiger partial charge in [0.15, 0.2) is 18.1 Å². The van der Waals surface area contributed by atoms with E-state index in [0.717, 1.165) is 11.6 Å². The third-order valence-electron chi connectivity index (χ3n) is 3.42. The summed E-state index contributed by atoms with van der Waals surface area (Å²) in [7, 11) is 3.03. The van der Waals surface area contributed by atoms with E-state index in [1.165, 1.54) is 26.4 Å². The van der Waals surface area contributed by atoms with E-state index in [-0.39, 0.29) is 17.1 Å². The largest absolute Gasteiger partial charge is 0.493 e. The lowest BCUT2D eigenvalue weighted by Crippen LogP contribution is -2.28. The van der Waals surface area contributed by atoms with Crippen molar-refractivity contribution >= 4 is 23.5 Å². The maximum Gasteiger partial charge on any atom is 0.341 e. The molecule has 2 rings (SSSR count). The molecule has 0 aliphatic rings. The molecule has 26 heavy (non-hydrogen) atoms. The van der Waals surface area contributed by atoms with Crippen LogP contribution in [0.3, 0.4) is 0 Å². The van der Waals surface area contributed by atoms with Gasteiger partial charge in [0.1, 0.15) is 5.82 Å². The molecule has 8 heteroatoms. The Kier molecular flexibility index (Phi) is 6.80. The Labute approximate surface area is 154 Å². The summed E-state index contributed by atoms with van der Waals surface area (Å²) in [5.74, 6) is -1.18. The fourth-order valence-corrected chi connectivity index (χ4v) is 2.26. The lowest BCUT2D eigenvalue weighted by molar-refractivity contribution is -0.124. The third-order valence-corrected chi connectivity index (χ3v) is 3.66. The molecule has 0 aromatic heterocycles. The number of benzene rings is 2.